The molecule has 0 atom stereocenters. The molecule has 0 bridgehead atoms. The minimum atomic E-state index is -0.520. The fraction of sp³-hybridized carbons (Fsp3) is 0.255. The van der Waals surface area contributed by atoms with E-state index in [1.54, 1.807) is 6.92 Å². The van der Waals surface area contributed by atoms with E-state index in [9.17, 15) is 4.79 Å². The first kappa shape index (κ1) is 39.7. The lowest BCUT2D eigenvalue weighted by Gasteiger charge is -2.28. The zero-order valence-electron chi connectivity index (χ0n) is 35.0. The molecular formula is C51H56N3O2+. The standard InChI is InChI=1S/C51H56N3O2/c1-32(2)50(55)56-31-51(9,10)52-46-26-25-45(43-15-13-14-16-44(43)46)47(39-17-21-41(22-18-39)53(11)48-35(5)27-33(3)28-36(48)6)40-19-23-42(24-20-40)54(12)49-37(7)29-34(4)30-38(49)8/h13-30,52H,1,31H2,2-12H3/q+1. The highest BCUT2D eigenvalue weighted by molar-refractivity contribution is 5.98. The highest BCUT2D eigenvalue weighted by Crippen LogP contribution is 2.41. The number of carbonyl (C=O) groups is 1. The van der Waals surface area contributed by atoms with E-state index in [2.05, 4.69) is 187 Å². The highest BCUT2D eigenvalue weighted by Gasteiger charge is 2.28. The van der Waals surface area contributed by atoms with E-state index >= 15 is 0 Å². The summed E-state index contributed by atoms with van der Waals surface area (Å²) in [7, 11) is 4.30. The Morgan fingerprint density at radius 2 is 1.09 bits per heavy atom. The fourth-order valence-corrected chi connectivity index (χ4v) is 8.24. The van der Waals surface area contributed by atoms with Crippen LogP contribution in [0.5, 0.6) is 0 Å². The zero-order valence-corrected chi connectivity index (χ0v) is 35.0. The molecule has 0 aliphatic heterocycles. The van der Waals surface area contributed by atoms with Crippen molar-refractivity contribution in [3.63, 3.8) is 0 Å². The lowest BCUT2D eigenvalue weighted by Crippen LogP contribution is -2.37. The number of esters is 1. The van der Waals surface area contributed by atoms with Gasteiger partial charge in [0.1, 0.15) is 6.61 Å². The third-order valence-electron chi connectivity index (χ3n) is 10.6. The van der Waals surface area contributed by atoms with Crippen molar-refractivity contribution in [1.29, 1.82) is 0 Å². The molecule has 6 aromatic rings. The van der Waals surface area contributed by atoms with Gasteiger partial charge in [-0.25, -0.2) is 4.79 Å². The Morgan fingerprint density at radius 1 is 0.661 bits per heavy atom. The average molecular weight is 743 g/mol. The zero-order chi connectivity index (χ0) is 40.5. The molecule has 1 N–H and O–H groups in total. The Bertz CT molecular complexity index is 2250. The van der Waals surface area contributed by atoms with Crippen LogP contribution in [-0.2, 0) is 9.53 Å². The van der Waals surface area contributed by atoms with E-state index in [0.717, 1.165) is 50.4 Å². The first-order chi connectivity index (χ1) is 26.5. The molecule has 0 aromatic heterocycles. The Balaban J connectivity index is 1.43. The maximum absolute atomic E-state index is 12.2. The summed E-state index contributed by atoms with van der Waals surface area (Å²) in [5.41, 5.74) is 16.6. The van der Waals surface area contributed by atoms with Crippen LogP contribution in [0.15, 0.2) is 121 Å². The van der Waals surface area contributed by atoms with Crippen molar-refractivity contribution in [2.24, 2.45) is 0 Å². The first-order valence-electron chi connectivity index (χ1n) is 19.4. The summed E-state index contributed by atoms with van der Waals surface area (Å²) in [4.78, 5) is 16.8. The van der Waals surface area contributed by atoms with Crippen LogP contribution in [0.4, 0.5) is 28.4 Å². The van der Waals surface area contributed by atoms with Crippen molar-refractivity contribution in [2.75, 3.05) is 35.8 Å². The second-order valence-electron chi connectivity index (χ2n) is 16.2. The third kappa shape index (κ3) is 8.33. The molecule has 0 fully saturated rings. The largest absolute Gasteiger partial charge is 0.460 e. The molecule has 0 spiro atoms. The lowest BCUT2D eigenvalue weighted by molar-refractivity contribution is -0.140. The van der Waals surface area contributed by atoms with Crippen LogP contribution < -0.4 is 15.1 Å². The molecule has 5 nitrogen and oxygen atoms in total. The van der Waals surface area contributed by atoms with Crippen LogP contribution in [0.25, 0.3) is 10.8 Å². The number of ether oxygens (including phenoxy) is 1. The van der Waals surface area contributed by atoms with Crippen LogP contribution in [0.2, 0.25) is 0 Å². The van der Waals surface area contributed by atoms with E-state index < -0.39 is 5.54 Å². The Kier molecular flexibility index (Phi) is 11.4. The number of nitrogens with zero attached hydrogens (tertiary/aromatic N) is 2. The lowest BCUT2D eigenvalue weighted by atomic mass is 9.82. The van der Waals surface area contributed by atoms with Gasteiger partial charge >= 0.3 is 5.97 Å². The van der Waals surface area contributed by atoms with Gasteiger partial charge in [-0.3, -0.25) is 0 Å². The van der Waals surface area contributed by atoms with Crippen molar-refractivity contribution >= 4 is 45.2 Å². The van der Waals surface area contributed by atoms with E-state index in [0.29, 0.717) is 5.57 Å². The summed E-state index contributed by atoms with van der Waals surface area (Å²) in [6.07, 6.45) is 0. The SMILES string of the molecule is C=C(C)C(=O)OCC(C)(C)Nc1ccc([C+](c2ccc(N(C)c3c(C)cc(C)cc3C)cc2)c2ccc(N(C)c3c(C)cc(C)cc3C)cc2)c2ccccc12. The second-order valence-corrected chi connectivity index (χ2v) is 16.2. The van der Waals surface area contributed by atoms with Crippen molar-refractivity contribution < 1.29 is 9.53 Å². The molecule has 0 unspecified atom stereocenters. The molecule has 0 saturated carbocycles. The second kappa shape index (κ2) is 16.0. The van der Waals surface area contributed by atoms with Gasteiger partial charge in [-0.05, 0) is 157 Å². The maximum atomic E-state index is 12.2. The van der Waals surface area contributed by atoms with Gasteiger partial charge in [-0.15, -0.1) is 0 Å². The summed E-state index contributed by atoms with van der Waals surface area (Å²) in [5, 5.41) is 5.88. The van der Waals surface area contributed by atoms with Gasteiger partial charge in [0.25, 0.3) is 0 Å². The molecule has 0 amide bonds. The summed E-state index contributed by atoms with van der Waals surface area (Å²) in [6, 6.07) is 39.8. The Labute approximate surface area is 334 Å². The van der Waals surface area contributed by atoms with Crippen molar-refractivity contribution in [2.45, 2.75) is 67.9 Å². The number of hydrogen-bond donors (Lipinski definition) is 1. The molecule has 0 aliphatic rings. The summed E-state index contributed by atoms with van der Waals surface area (Å²) in [6.45, 7) is 22.7. The number of nitrogens with one attached hydrogen (secondary N) is 1. The van der Waals surface area contributed by atoms with E-state index in [4.69, 9.17) is 4.74 Å². The van der Waals surface area contributed by atoms with Gasteiger partial charge in [0.05, 0.1) is 45.2 Å². The normalized spacial score (nSPS) is 11.3. The molecular weight excluding hydrogens is 687 g/mol. The van der Waals surface area contributed by atoms with E-state index in [1.165, 1.54) is 44.8 Å². The van der Waals surface area contributed by atoms with E-state index in [1.807, 2.05) is 13.8 Å². The summed E-state index contributed by atoms with van der Waals surface area (Å²) >= 11 is 0. The maximum Gasteiger partial charge on any atom is 0.333 e. The number of aryl methyl sites for hydroxylation is 6. The highest BCUT2D eigenvalue weighted by atomic mass is 16.5. The molecule has 0 aliphatic carbocycles. The van der Waals surface area contributed by atoms with Gasteiger partial charge in [0, 0.05) is 41.8 Å². The summed E-state index contributed by atoms with van der Waals surface area (Å²) < 4.78 is 5.56. The number of hydrogen-bond acceptors (Lipinski definition) is 5. The molecule has 6 rings (SSSR count). The van der Waals surface area contributed by atoms with Gasteiger partial charge in [0.2, 0.25) is 0 Å². The first-order valence-corrected chi connectivity index (χ1v) is 19.4. The van der Waals surface area contributed by atoms with Gasteiger partial charge < -0.3 is 19.9 Å². The fourth-order valence-electron chi connectivity index (χ4n) is 8.24. The Morgan fingerprint density at radius 3 is 1.52 bits per heavy atom. The molecule has 0 heterocycles. The predicted molar refractivity (Wildman–Crippen MR) is 238 cm³/mol. The van der Waals surface area contributed by atoms with Gasteiger partial charge in [0.15, 0.2) is 0 Å². The van der Waals surface area contributed by atoms with Crippen LogP contribution in [0.1, 0.15) is 70.8 Å². The van der Waals surface area contributed by atoms with Crippen molar-refractivity contribution in [3.05, 3.63) is 177 Å². The van der Waals surface area contributed by atoms with Crippen LogP contribution in [0, 0.1) is 47.5 Å². The third-order valence-corrected chi connectivity index (χ3v) is 10.6. The Hall–Kier alpha value is -5.94. The molecule has 56 heavy (non-hydrogen) atoms. The van der Waals surface area contributed by atoms with Crippen LogP contribution >= 0.6 is 0 Å². The molecule has 5 heteroatoms. The van der Waals surface area contributed by atoms with Crippen molar-refractivity contribution in [3.8, 4) is 0 Å². The number of benzene rings is 6. The van der Waals surface area contributed by atoms with E-state index in [-0.39, 0.29) is 12.6 Å². The number of rotatable bonds is 12. The molecule has 6 aromatic carbocycles. The minimum absolute atomic E-state index is 0.205. The van der Waals surface area contributed by atoms with Crippen molar-refractivity contribution in [1.82, 2.24) is 0 Å². The van der Waals surface area contributed by atoms with Gasteiger partial charge in [-0.1, -0.05) is 54.1 Å². The van der Waals surface area contributed by atoms with Gasteiger partial charge in [-0.2, -0.15) is 0 Å². The topological polar surface area (TPSA) is 44.8 Å². The summed E-state index contributed by atoms with van der Waals surface area (Å²) in [5.74, 6) is 0.762. The molecule has 0 saturated heterocycles. The molecule has 286 valence electrons. The number of fused-ring (bicyclic) bond motifs is 1. The minimum Gasteiger partial charge on any atom is -0.460 e. The average Bonchev–Trinajstić information content (AvgIpc) is 3.14. The number of anilines is 5. The number of carbonyl (C=O) groups excluding carboxylic acids is 1. The quantitative estimate of drug-likeness (QED) is 0.0585. The van der Waals surface area contributed by atoms with Crippen LogP contribution in [-0.4, -0.2) is 32.2 Å². The smallest absolute Gasteiger partial charge is 0.333 e. The van der Waals surface area contributed by atoms with Crippen LogP contribution in [0.3, 0.4) is 0 Å². The monoisotopic (exact) mass is 742 g/mol. The predicted octanol–water partition coefficient (Wildman–Crippen LogP) is 12.6. The molecule has 0 radical (unpaired) electrons.